The molecule has 1 aliphatic rings. The zero-order valence-electron chi connectivity index (χ0n) is 10.2. The number of allylic oxidation sites excluding steroid dienone is 4. The minimum atomic E-state index is 1.05. The van der Waals surface area contributed by atoms with E-state index in [9.17, 15) is 0 Å². The second-order valence-electron chi connectivity index (χ2n) is 4.43. The number of benzene rings is 1. The number of nitrogens with zero attached hydrogens (tertiary/aromatic N) is 1. The number of rotatable bonds is 2. The van der Waals surface area contributed by atoms with Gasteiger partial charge in [0, 0.05) is 19.8 Å². The van der Waals surface area contributed by atoms with Crippen molar-refractivity contribution in [1.82, 2.24) is 0 Å². The van der Waals surface area contributed by atoms with Crippen molar-refractivity contribution in [3.63, 3.8) is 0 Å². The molecule has 0 saturated carbocycles. The number of hydrogen-bond donors (Lipinski definition) is 0. The van der Waals surface area contributed by atoms with Crippen LogP contribution in [0.4, 0.5) is 5.69 Å². The first-order valence-corrected chi connectivity index (χ1v) is 5.66. The molecule has 0 N–H and O–H groups in total. The van der Waals surface area contributed by atoms with Crippen LogP contribution in [0.25, 0.3) is 5.57 Å². The van der Waals surface area contributed by atoms with Gasteiger partial charge in [-0.15, -0.1) is 0 Å². The second kappa shape index (κ2) is 4.56. The van der Waals surface area contributed by atoms with Gasteiger partial charge < -0.3 is 4.90 Å². The lowest BCUT2D eigenvalue weighted by Gasteiger charge is -2.15. The molecule has 0 atom stereocenters. The third-order valence-electron chi connectivity index (χ3n) is 2.88. The molecule has 0 aromatic heterocycles. The van der Waals surface area contributed by atoms with E-state index in [0.29, 0.717) is 0 Å². The predicted octanol–water partition coefficient (Wildman–Crippen LogP) is 3.69. The fourth-order valence-corrected chi connectivity index (χ4v) is 1.89. The molecular weight excluding hydrogens is 194 g/mol. The summed E-state index contributed by atoms with van der Waals surface area (Å²) in [5, 5.41) is 0. The Bertz CT molecular complexity index is 421. The molecule has 2 rings (SSSR count). The lowest BCUT2D eigenvalue weighted by molar-refractivity contribution is 1.13. The summed E-state index contributed by atoms with van der Waals surface area (Å²) in [6.45, 7) is 2.15. The summed E-state index contributed by atoms with van der Waals surface area (Å²) in [5.74, 6) is 0. The number of hydrogen-bond acceptors (Lipinski definition) is 1. The Hall–Kier alpha value is -1.50. The van der Waals surface area contributed by atoms with Crippen molar-refractivity contribution in [3.05, 3.63) is 54.0 Å². The van der Waals surface area contributed by atoms with Crippen molar-refractivity contribution in [2.75, 3.05) is 19.0 Å². The Kier molecular flexibility index (Phi) is 3.14. The summed E-state index contributed by atoms with van der Waals surface area (Å²) >= 11 is 0. The third kappa shape index (κ3) is 2.35. The van der Waals surface area contributed by atoms with Gasteiger partial charge in [-0.1, -0.05) is 29.9 Å². The first kappa shape index (κ1) is 11.0. The Morgan fingerprint density at radius 1 is 1.06 bits per heavy atom. The Morgan fingerprint density at radius 2 is 1.75 bits per heavy atom. The minimum Gasteiger partial charge on any atom is -0.378 e. The highest BCUT2D eigenvalue weighted by molar-refractivity contribution is 5.76. The van der Waals surface area contributed by atoms with E-state index in [0.717, 1.165) is 6.42 Å². The van der Waals surface area contributed by atoms with Crippen molar-refractivity contribution in [3.8, 4) is 0 Å². The first-order valence-electron chi connectivity index (χ1n) is 5.66. The summed E-state index contributed by atoms with van der Waals surface area (Å²) in [7, 11) is 4.13. The van der Waals surface area contributed by atoms with E-state index in [4.69, 9.17) is 0 Å². The smallest absolute Gasteiger partial charge is 0.0361 e. The first-order chi connectivity index (χ1) is 7.66. The maximum Gasteiger partial charge on any atom is 0.0361 e. The van der Waals surface area contributed by atoms with Crippen molar-refractivity contribution in [1.29, 1.82) is 0 Å². The molecule has 1 aromatic carbocycles. The van der Waals surface area contributed by atoms with Gasteiger partial charge in [0.1, 0.15) is 0 Å². The average Bonchev–Trinajstić information content (AvgIpc) is 2.29. The molecule has 1 heteroatoms. The zero-order valence-corrected chi connectivity index (χ0v) is 10.2. The Labute approximate surface area is 98.1 Å². The van der Waals surface area contributed by atoms with E-state index >= 15 is 0 Å². The van der Waals surface area contributed by atoms with Crippen LogP contribution in [0.3, 0.4) is 0 Å². The minimum absolute atomic E-state index is 1.05. The topological polar surface area (TPSA) is 3.24 Å². The molecule has 1 aromatic rings. The lowest BCUT2D eigenvalue weighted by Crippen LogP contribution is -2.08. The fourth-order valence-electron chi connectivity index (χ4n) is 1.89. The molecular formula is C15H18N. The summed E-state index contributed by atoms with van der Waals surface area (Å²) in [4.78, 5) is 2.12. The van der Waals surface area contributed by atoms with Gasteiger partial charge in [-0.05, 0) is 43.0 Å². The van der Waals surface area contributed by atoms with Gasteiger partial charge in [-0.25, -0.2) is 0 Å². The van der Waals surface area contributed by atoms with Crippen LogP contribution in [0.2, 0.25) is 0 Å². The average molecular weight is 212 g/mol. The molecule has 0 spiro atoms. The van der Waals surface area contributed by atoms with Crippen LogP contribution < -0.4 is 4.90 Å². The number of anilines is 1. The highest BCUT2D eigenvalue weighted by Crippen LogP contribution is 2.26. The lowest BCUT2D eigenvalue weighted by atomic mass is 9.94. The van der Waals surface area contributed by atoms with E-state index in [2.05, 4.69) is 68.8 Å². The SMILES string of the molecule is CC1=CC[CH]C(c2ccc(N(C)C)cc2)=C1. The Morgan fingerprint density at radius 3 is 2.31 bits per heavy atom. The van der Waals surface area contributed by atoms with Crippen LogP contribution in [0.15, 0.2) is 42.0 Å². The molecule has 16 heavy (non-hydrogen) atoms. The van der Waals surface area contributed by atoms with Crippen LogP contribution in [-0.2, 0) is 0 Å². The molecule has 83 valence electrons. The van der Waals surface area contributed by atoms with Crippen LogP contribution in [0.5, 0.6) is 0 Å². The molecule has 0 aliphatic heterocycles. The van der Waals surface area contributed by atoms with Crippen LogP contribution in [0, 0.1) is 6.42 Å². The second-order valence-corrected chi connectivity index (χ2v) is 4.43. The molecule has 1 nitrogen and oxygen atoms in total. The van der Waals surface area contributed by atoms with Crippen molar-refractivity contribution >= 4 is 11.3 Å². The quantitative estimate of drug-likeness (QED) is 0.722. The Balaban J connectivity index is 2.25. The van der Waals surface area contributed by atoms with Gasteiger partial charge in [-0.2, -0.15) is 0 Å². The van der Waals surface area contributed by atoms with Gasteiger partial charge >= 0.3 is 0 Å². The standard InChI is InChI=1S/C15H18N/c1-12-5-4-6-14(11-12)13-7-9-15(10-8-13)16(2)3/h5-11H,4H2,1-3H3. The van der Waals surface area contributed by atoms with Crippen molar-refractivity contribution in [2.24, 2.45) is 0 Å². The highest BCUT2D eigenvalue weighted by atomic mass is 15.1. The van der Waals surface area contributed by atoms with E-state index < -0.39 is 0 Å². The van der Waals surface area contributed by atoms with Gasteiger partial charge in [0.15, 0.2) is 0 Å². The predicted molar refractivity (Wildman–Crippen MR) is 71.4 cm³/mol. The normalized spacial score (nSPS) is 15.4. The van der Waals surface area contributed by atoms with Crippen LogP contribution in [0.1, 0.15) is 18.9 Å². The molecule has 0 fully saturated rings. The van der Waals surface area contributed by atoms with Crippen molar-refractivity contribution < 1.29 is 0 Å². The van der Waals surface area contributed by atoms with E-state index in [1.807, 2.05) is 0 Å². The van der Waals surface area contributed by atoms with Crippen LogP contribution >= 0.6 is 0 Å². The molecule has 0 unspecified atom stereocenters. The summed E-state index contributed by atoms with van der Waals surface area (Å²) in [6, 6.07) is 8.71. The summed E-state index contributed by atoms with van der Waals surface area (Å²) in [6.07, 6.45) is 7.82. The van der Waals surface area contributed by atoms with E-state index in [-0.39, 0.29) is 0 Å². The maximum atomic E-state index is 2.28. The molecule has 0 amide bonds. The maximum absolute atomic E-state index is 2.28. The van der Waals surface area contributed by atoms with Crippen molar-refractivity contribution in [2.45, 2.75) is 13.3 Å². The van der Waals surface area contributed by atoms with Gasteiger partial charge in [0.25, 0.3) is 0 Å². The van der Waals surface area contributed by atoms with Gasteiger partial charge in [-0.3, -0.25) is 0 Å². The summed E-state index contributed by atoms with van der Waals surface area (Å²) in [5.41, 5.74) is 5.24. The van der Waals surface area contributed by atoms with E-state index in [1.54, 1.807) is 0 Å². The van der Waals surface area contributed by atoms with E-state index in [1.165, 1.54) is 22.4 Å². The third-order valence-corrected chi connectivity index (χ3v) is 2.88. The van der Waals surface area contributed by atoms with Gasteiger partial charge in [0.2, 0.25) is 0 Å². The molecule has 1 aliphatic carbocycles. The molecule has 0 bridgehead atoms. The summed E-state index contributed by atoms with van der Waals surface area (Å²) < 4.78 is 0. The zero-order chi connectivity index (χ0) is 11.5. The monoisotopic (exact) mass is 212 g/mol. The fraction of sp³-hybridized carbons (Fsp3) is 0.267. The van der Waals surface area contributed by atoms with Crippen LogP contribution in [-0.4, -0.2) is 14.1 Å². The molecule has 1 radical (unpaired) electrons. The molecule has 0 saturated heterocycles. The molecule has 0 heterocycles. The van der Waals surface area contributed by atoms with Gasteiger partial charge in [0.05, 0.1) is 0 Å². The highest BCUT2D eigenvalue weighted by Gasteiger charge is 2.06. The largest absolute Gasteiger partial charge is 0.378 e.